The Morgan fingerprint density at radius 3 is 2.65 bits per heavy atom. The second-order valence-corrected chi connectivity index (χ2v) is 5.97. The van der Waals surface area contributed by atoms with Crippen molar-refractivity contribution in [2.75, 3.05) is 6.54 Å². The van der Waals surface area contributed by atoms with E-state index >= 15 is 0 Å². The van der Waals surface area contributed by atoms with Gasteiger partial charge in [0.1, 0.15) is 5.69 Å². The average molecular weight is 330 g/mol. The van der Waals surface area contributed by atoms with Gasteiger partial charge in [-0.05, 0) is 42.7 Å². The SMILES string of the molecule is O=C(CNC(=O)c1ccccn1)NC1(c2cccc(Cl)c2)CC1. The van der Waals surface area contributed by atoms with E-state index in [1.807, 2.05) is 18.2 Å². The van der Waals surface area contributed by atoms with Crippen LogP contribution in [0, 0.1) is 0 Å². The molecular weight excluding hydrogens is 314 g/mol. The molecule has 118 valence electrons. The van der Waals surface area contributed by atoms with Gasteiger partial charge in [-0.2, -0.15) is 0 Å². The van der Waals surface area contributed by atoms with Crippen LogP contribution in [0.25, 0.3) is 0 Å². The van der Waals surface area contributed by atoms with Crippen LogP contribution >= 0.6 is 11.6 Å². The highest BCUT2D eigenvalue weighted by Crippen LogP contribution is 2.45. The second-order valence-electron chi connectivity index (χ2n) is 5.54. The molecule has 3 rings (SSSR count). The predicted molar refractivity (Wildman–Crippen MR) is 87.1 cm³/mol. The molecule has 6 heteroatoms. The maximum absolute atomic E-state index is 12.1. The Balaban J connectivity index is 1.57. The third-order valence-corrected chi connectivity index (χ3v) is 4.05. The maximum atomic E-state index is 12.1. The number of aromatic nitrogens is 1. The molecule has 1 aromatic carbocycles. The van der Waals surface area contributed by atoms with Crippen molar-refractivity contribution in [1.82, 2.24) is 15.6 Å². The van der Waals surface area contributed by atoms with Crippen molar-refractivity contribution in [1.29, 1.82) is 0 Å². The van der Waals surface area contributed by atoms with Crippen molar-refractivity contribution in [3.05, 3.63) is 64.9 Å². The van der Waals surface area contributed by atoms with Gasteiger partial charge in [0.15, 0.2) is 0 Å². The molecule has 0 unspecified atom stereocenters. The molecule has 2 N–H and O–H groups in total. The number of halogens is 1. The predicted octanol–water partition coefficient (Wildman–Crippen LogP) is 2.27. The van der Waals surface area contributed by atoms with E-state index in [1.165, 1.54) is 6.20 Å². The van der Waals surface area contributed by atoms with Gasteiger partial charge in [-0.3, -0.25) is 14.6 Å². The van der Waals surface area contributed by atoms with Crippen molar-refractivity contribution >= 4 is 23.4 Å². The Hall–Kier alpha value is -2.40. The number of hydrogen-bond donors (Lipinski definition) is 2. The van der Waals surface area contributed by atoms with E-state index in [-0.39, 0.29) is 29.6 Å². The Bertz CT molecular complexity index is 730. The molecule has 23 heavy (non-hydrogen) atoms. The Morgan fingerprint density at radius 1 is 1.17 bits per heavy atom. The average Bonchev–Trinajstić information content (AvgIpc) is 3.34. The fourth-order valence-corrected chi connectivity index (χ4v) is 2.65. The zero-order valence-electron chi connectivity index (χ0n) is 12.4. The van der Waals surface area contributed by atoms with Crippen LogP contribution < -0.4 is 10.6 Å². The van der Waals surface area contributed by atoms with Gasteiger partial charge in [-0.15, -0.1) is 0 Å². The van der Waals surface area contributed by atoms with Crippen LogP contribution in [-0.4, -0.2) is 23.3 Å². The maximum Gasteiger partial charge on any atom is 0.270 e. The first kappa shape index (κ1) is 15.5. The minimum atomic E-state index is -0.367. The molecule has 1 heterocycles. The summed E-state index contributed by atoms with van der Waals surface area (Å²) in [6.45, 7) is -0.0856. The van der Waals surface area contributed by atoms with E-state index in [2.05, 4.69) is 15.6 Å². The van der Waals surface area contributed by atoms with Gasteiger partial charge in [0.25, 0.3) is 5.91 Å². The fraction of sp³-hybridized carbons (Fsp3) is 0.235. The summed E-state index contributed by atoms with van der Waals surface area (Å²) in [4.78, 5) is 27.9. The van der Waals surface area contributed by atoms with E-state index < -0.39 is 0 Å². The van der Waals surface area contributed by atoms with Crippen LogP contribution in [0.15, 0.2) is 48.7 Å². The summed E-state index contributed by atoms with van der Waals surface area (Å²) in [5.74, 6) is -0.597. The van der Waals surface area contributed by atoms with Crippen molar-refractivity contribution in [2.45, 2.75) is 18.4 Å². The molecule has 2 amide bonds. The standard InChI is InChI=1S/C17H16ClN3O2/c18-13-5-3-4-12(10-13)17(7-8-17)21-15(22)11-20-16(23)14-6-1-2-9-19-14/h1-6,9-10H,7-8,11H2,(H,20,23)(H,21,22). The minimum Gasteiger partial charge on any atom is -0.345 e. The third-order valence-electron chi connectivity index (χ3n) is 3.81. The van der Waals surface area contributed by atoms with Gasteiger partial charge >= 0.3 is 0 Å². The molecule has 0 bridgehead atoms. The third kappa shape index (κ3) is 3.68. The molecule has 0 saturated heterocycles. The van der Waals surface area contributed by atoms with E-state index in [0.29, 0.717) is 5.02 Å². The van der Waals surface area contributed by atoms with Crippen molar-refractivity contribution in [3.8, 4) is 0 Å². The number of carbonyl (C=O) groups excluding carboxylic acids is 2. The van der Waals surface area contributed by atoms with Crippen LogP contribution in [0.1, 0.15) is 28.9 Å². The summed E-state index contributed by atoms with van der Waals surface area (Å²) >= 11 is 6.01. The van der Waals surface area contributed by atoms with Gasteiger partial charge in [-0.25, -0.2) is 0 Å². The topological polar surface area (TPSA) is 71.1 Å². The summed E-state index contributed by atoms with van der Waals surface area (Å²) in [6, 6.07) is 12.5. The number of nitrogens with one attached hydrogen (secondary N) is 2. The van der Waals surface area contributed by atoms with Gasteiger partial charge in [0.05, 0.1) is 12.1 Å². The van der Waals surface area contributed by atoms with E-state index in [0.717, 1.165) is 18.4 Å². The number of carbonyl (C=O) groups is 2. The van der Waals surface area contributed by atoms with Gasteiger partial charge in [0.2, 0.25) is 5.91 Å². The Kier molecular flexibility index (Phi) is 4.30. The highest BCUT2D eigenvalue weighted by atomic mass is 35.5. The van der Waals surface area contributed by atoms with Gasteiger partial charge in [-0.1, -0.05) is 29.8 Å². The Morgan fingerprint density at radius 2 is 2.00 bits per heavy atom. The minimum absolute atomic E-state index is 0.0856. The largest absolute Gasteiger partial charge is 0.345 e. The molecule has 5 nitrogen and oxygen atoms in total. The number of amides is 2. The van der Waals surface area contributed by atoms with Crippen LogP contribution in [0.3, 0.4) is 0 Å². The zero-order chi connectivity index (χ0) is 16.3. The van der Waals surface area contributed by atoms with E-state index in [9.17, 15) is 9.59 Å². The molecule has 0 atom stereocenters. The quantitative estimate of drug-likeness (QED) is 0.884. The number of rotatable bonds is 5. The van der Waals surface area contributed by atoms with Gasteiger partial charge in [0, 0.05) is 11.2 Å². The second kappa shape index (κ2) is 6.38. The van der Waals surface area contributed by atoms with E-state index in [1.54, 1.807) is 24.3 Å². The summed E-state index contributed by atoms with van der Waals surface area (Å²) in [5.41, 5.74) is 0.934. The first-order valence-corrected chi connectivity index (χ1v) is 7.73. The van der Waals surface area contributed by atoms with Crippen molar-refractivity contribution < 1.29 is 9.59 Å². The lowest BCUT2D eigenvalue weighted by Crippen LogP contribution is -2.42. The Labute approximate surface area is 139 Å². The molecule has 2 aromatic rings. The van der Waals surface area contributed by atoms with E-state index in [4.69, 9.17) is 11.6 Å². The number of nitrogens with zero attached hydrogens (tertiary/aromatic N) is 1. The molecule has 1 aliphatic carbocycles. The van der Waals surface area contributed by atoms with Crippen molar-refractivity contribution in [3.63, 3.8) is 0 Å². The summed E-state index contributed by atoms with van der Waals surface area (Å²) in [6.07, 6.45) is 3.27. The molecule has 1 aromatic heterocycles. The normalized spacial score (nSPS) is 14.8. The summed E-state index contributed by atoms with van der Waals surface area (Å²) < 4.78 is 0. The monoisotopic (exact) mass is 329 g/mol. The molecule has 1 aliphatic rings. The lowest BCUT2D eigenvalue weighted by atomic mass is 10.1. The molecule has 0 spiro atoms. The molecule has 1 saturated carbocycles. The number of hydrogen-bond acceptors (Lipinski definition) is 3. The van der Waals surface area contributed by atoms with Crippen LogP contribution in [0.5, 0.6) is 0 Å². The summed E-state index contributed by atoms with van der Waals surface area (Å²) in [7, 11) is 0. The van der Waals surface area contributed by atoms with Crippen molar-refractivity contribution in [2.24, 2.45) is 0 Å². The lowest BCUT2D eigenvalue weighted by molar-refractivity contribution is -0.121. The molecule has 1 fully saturated rings. The zero-order valence-corrected chi connectivity index (χ0v) is 13.1. The number of benzene rings is 1. The molecule has 0 aliphatic heterocycles. The first-order valence-electron chi connectivity index (χ1n) is 7.35. The highest BCUT2D eigenvalue weighted by Gasteiger charge is 2.45. The highest BCUT2D eigenvalue weighted by molar-refractivity contribution is 6.30. The smallest absolute Gasteiger partial charge is 0.270 e. The summed E-state index contributed by atoms with van der Waals surface area (Å²) in [5, 5.41) is 6.20. The van der Waals surface area contributed by atoms with Gasteiger partial charge < -0.3 is 10.6 Å². The number of pyridine rings is 1. The van der Waals surface area contributed by atoms with Crippen LogP contribution in [-0.2, 0) is 10.3 Å². The molecular formula is C17H16ClN3O2. The first-order chi connectivity index (χ1) is 11.1. The van der Waals surface area contributed by atoms with Crippen LogP contribution in [0.4, 0.5) is 0 Å². The molecule has 0 radical (unpaired) electrons. The van der Waals surface area contributed by atoms with Crippen LogP contribution in [0.2, 0.25) is 5.02 Å². The fourth-order valence-electron chi connectivity index (χ4n) is 2.46. The lowest BCUT2D eigenvalue weighted by Gasteiger charge is -2.18.